The second kappa shape index (κ2) is 7.19. The van der Waals surface area contributed by atoms with Crippen LogP contribution in [0.25, 0.3) is 0 Å². The quantitative estimate of drug-likeness (QED) is 0.421. The van der Waals surface area contributed by atoms with Gasteiger partial charge in [-0.2, -0.15) is 0 Å². The Kier molecular flexibility index (Phi) is 7.13. The molecule has 7 heteroatoms. The summed E-state index contributed by atoms with van der Waals surface area (Å²) >= 11 is 3.12. The topological polar surface area (TPSA) is 83.8 Å². The maximum Gasteiger partial charge on any atom is 0.694 e. The number of Topliss-reactive ketones (excluding diaryl/α,β-unsaturated/α-hetero) is 1. The third kappa shape index (κ3) is 6.87. The number of rotatable bonds is 7. The average Bonchev–Trinajstić information content (AvgIpc) is 2.13. The van der Waals surface area contributed by atoms with Crippen LogP contribution in [0.5, 0.6) is 0 Å². The summed E-state index contributed by atoms with van der Waals surface area (Å²) in [4.78, 5) is 19.2. The molecule has 2 N–H and O–H groups in total. The number of aliphatic hydroxyl groups is 1. The number of halogens is 1. The molecule has 0 rings (SSSR count). The maximum atomic E-state index is 11.2. The van der Waals surface area contributed by atoms with Crippen molar-refractivity contribution in [3.63, 3.8) is 0 Å². The Balaban J connectivity index is 3.95. The van der Waals surface area contributed by atoms with E-state index in [1.54, 1.807) is 0 Å². The van der Waals surface area contributed by atoms with Gasteiger partial charge in [-0.1, -0.05) is 22.5 Å². The van der Waals surface area contributed by atoms with Crippen LogP contribution in [0.3, 0.4) is 0 Å². The molecule has 3 unspecified atom stereocenters. The van der Waals surface area contributed by atoms with Gasteiger partial charge in [-0.25, -0.2) is 0 Å². The number of hydrogen-bond donors (Lipinski definition) is 2. The van der Waals surface area contributed by atoms with E-state index in [0.29, 0.717) is 0 Å². The van der Waals surface area contributed by atoms with E-state index >= 15 is 0 Å². The molecule has 0 fully saturated rings. The third-order valence-corrected chi connectivity index (χ3v) is 2.58. The summed E-state index contributed by atoms with van der Waals surface area (Å²) in [6.07, 6.45) is -1.05. The summed E-state index contributed by atoms with van der Waals surface area (Å²) in [6.45, 7) is 4.88. The Morgan fingerprint density at radius 1 is 1.67 bits per heavy atom. The standard InChI is InChI=1S/C8H12BrO5P/c1-5(2)8(11)7(10)3-6(9)4-14-15(12)13/h6-7,10H,1,3-4H2,2H3/p+1. The Bertz CT molecular complexity index is 268. The number of alkyl halides is 1. The summed E-state index contributed by atoms with van der Waals surface area (Å²) in [6, 6.07) is 0. The second-order valence-corrected chi connectivity index (χ2v) is 5.06. The van der Waals surface area contributed by atoms with Crippen molar-refractivity contribution in [3.8, 4) is 0 Å². The first-order valence-electron chi connectivity index (χ1n) is 4.15. The van der Waals surface area contributed by atoms with Gasteiger partial charge < -0.3 is 5.11 Å². The fourth-order valence-electron chi connectivity index (χ4n) is 0.846. The molecule has 0 aliphatic rings. The molecule has 0 spiro atoms. The molecule has 0 saturated heterocycles. The van der Waals surface area contributed by atoms with E-state index in [2.05, 4.69) is 27.0 Å². The molecule has 0 radical (unpaired) electrons. The minimum Gasteiger partial charge on any atom is -0.385 e. The van der Waals surface area contributed by atoms with E-state index < -0.39 is 20.1 Å². The molecule has 0 aromatic carbocycles. The van der Waals surface area contributed by atoms with E-state index in [-0.39, 0.29) is 23.4 Å². The smallest absolute Gasteiger partial charge is 0.385 e. The minimum absolute atomic E-state index is 0.0494. The van der Waals surface area contributed by atoms with Crippen molar-refractivity contribution in [3.05, 3.63) is 12.2 Å². The first-order chi connectivity index (χ1) is 6.84. The molecule has 0 aromatic rings. The number of hydrogen-bond acceptors (Lipinski definition) is 4. The van der Waals surface area contributed by atoms with Gasteiger partial charge in [-0.3, -0.25) is 4.79 Å². The van der Waals surface area contributed by atoms with Crippen LogP contribution in [0.2, 0.25) is 0 Å². The first kappa shape index (κ1) is 14.9. The molecule has 0 aliphatic heterocycles. The molecular formula is C8H13BrO5P+. The van der Waals surface area contributed by atoms with Crippen molar-refractivity contribution in [2.24, 2.45) is 0 Å². The van der Waals surface area contributed by atoms with Crippen LogP contribution in [0.1, 0.15) is 13.3 Å². The van der Waals surface area contributed by atoms with E-state index in [4.69, 9.17) is 4.89 Å². The highest BCUT2D eigenvalue weighted by Gasteiger charge is 2.22. The SMILES string of the molecule is C=C(C)C(=O)C(O)CC(Br)CO[P+](=O)O. The Labute approximate surface area is 97.2 Å². The summed E-state index contributed by atoms with van der Waals surface area (Å²) in [7, 11) is -2.65. The Hall–Kier alpha value is -0.130. The van der Waals surface area contributed by atoms with Crippen molar-refractivity contribution in [1.29, 1.82) is 0 Å². The van der Waals surface area contributed by atoms with Crippen LogP contribution >= 0.6 is 24.2 Å². The zero-order valence-corrected chi connectivity index (χ0v) is 10.7. The Morgan fingerprint density at radius 3 is 2.60 bits per heavy atom. The third-order valence-electron chi connectivity index (χ3n) is 1.57. The predicted octanol–water partition coefficient (Wildman–Crippen LogP) is 1.31. The van der Waals surface area contributed by atoms with Crippen LogP contribution < -0.4 is 0 Å². The van der Waals surface area contributed by atoms with Gasteiger partial charge in [0.15, 0.2) is 5.78 Å². The molecule has 0 bridgehead atoms. The first-order valence-corrected chi connectivity index (χ1v) is 6.20. The number of ketones is 1. The van der Waals surface area contributed by atoms with E-state index in [1.807, 2.05) is 0 Å². The molecule has 86 valence electrons. The van der Waals surface area contributed by atoms with Crippen LogP contribution in [-0.2, 0) is 13.9 Å². The highest BCUT2D eigenvalue weighted by Crippen LogP contribution is 2.19. The predicted molar refractivity (Wildman–Crippen MR) is 58.9 cm³/mol. The van der Waals surface area contributed by atoms with E-state index in [1.165, 1.54) is 6.92 Å². The minimum atomic E-state index is -2.65. The summed E-state index contributed by atoms with van der Waals surface area (Å²) in [5.74, 6) is -0.437. The van der Waals surface area contributed by atoms with Gasteiger partial charge in [0.25, 0.3) is 0 Å². The fourth-order valence-corrected chi connectivity index (χ4v) is 1.84. The van der Waals surface area contributed by atoms with Crippen molar-refractivity contribution >= 4 is 30.0 Å². The maximum absolute atomic E-state index is 11.2. The lowest BCUT2D eigenvalue weighted by molar-refractivity contribution is -0.123. The lowest BCUT2D eigenvalue weighted by atomic mass is 10.1. The molecule has 0 heterocycles. The summed E-state index contributed by atoms with van der Waals surface area (Å²) in [5.41, 5.74) is 0.274. The number of aliphatic hydroxyl groups excluding tert-OH is 1. The van der Waals surface area contributed by atoms with Crippen molar-refractivity contribution in [1.82, 2.24) is 0 Å². The molecule has 0 aromatic heterocycles. The van der Waals surface area contributed by atoms with Gasteiger partial charge in [0.2, 0.25) is 0 Å². The van der Waals surface area contributed by atoms with Gasteiger partial charge in [0, 0.05) is 9.39 Å². The second-order valence-electron chi connectivity index (χ2n) is 3.03. The van der Waals surface area contributed by atoms with E-state index in [9.17, 15) is 14.5 Å². The highest BCUT2D eigenvalue weighted by atomic mass is 79.9. The molecule has 0 aliphatic carbocycles. The summed E-state index contributed by atoms with van der Waals surface area (Å²) < 4.78 is 14.6. The molecular weight excluding hydrogens is 287 g/mol. The van der Waals surface area contributed by atoms with Crippen LogP contribution in [0.4, 0.5) is 0 Å². The number of carbonyl (C=O) groups excluding carboxylic acids is 1. The van der Waals surface area contributed by atoms with Crippen molar-refractivity contribution in [2.75, 3.05) is 6.61 Å². The fraction of sp³-hybridized carbons (Fsp3) is 0.625. The molecule has 5 nitrogen and oxygen atoms in total. The van der Waals surface area contributed by atoms with Crippen LogP contribution in [-0.4, -0.2) is 33.3 Å². The van der Waals surface area contributed by atoms with Crippen LogP contribution in [0.15, 0.2) is 12.2 Å². The van der Waals surface area contributed by atoms with Crippen molar-refractivity contribution < 1.29 is 23.9 Å². The molecule has 15 heavy (non-hydrogen) atoms. The molecule has 3 atom stereocenters. The van der Waals surface area contributed by atoms with Crippen molar-refractivity contribution in [2.45, 2.75) is 24.3 Å². The number of carbonyl (C=O) groups is 1. The van der Waals surface area contributed by atoms with Gasteiger partial charge in [0.05, 0.1) is 0 Å². The van der Waals surface area contributed by atoms with Gasteiger partial charge in [0.1, 0.15) is 12.7 Å². The summed E-state index contributed by atoms with van der Waals surface area (Å²) in [5, 5.41) is 9.39. The lowest BCUT2D eigenvalue weighted by Crippen LogP contribution is -2.25. The molecule has 0 saturated carbocycles. The van der Waals surface area contributed by atoms with E-state index in [0.717, 1.165) is 0 Å². The Morgan fingerprint density at radius 2 is 2.20 bits per heavy atom. The van der Waals surface area contributed by atoms with Gasteiger partial charge in [-0.15, -0.1) is 9.42 Å². The molecule has 0 amide bonds. The van der Waals surface area contributed by atoms with Crippen LogP contribution in [0, 0.1) is 0 Å². The highest BCUT2D eigenvalue weighted by molar-refractivity contribution is 9.09. The lowest BCUT2D eigenvalue weighted by Gasteiger charge is -2.11. The largest absolute Gasteiger partial charge is 0.694 e. The monoisotopic (exact) mass is 299 g/mol. The average molecular weight is 300 g/mol. The van der Waals surface area contributed by atoms with Gasteiger partial charge in [-0.05, 0) is 18.9 Å². The van der Waals surface area contributed by atoms with Gasteiger partial charge >= 0.3 is 8.25 Å². The zero-order valence-electron chi connectivity index (χ0n) is 8.22. The zero-order chi connectivity index (χ0) is 12.0. The normalized spacial score (nSPS) is 15.6.